The van der Waals surface area contributed by atoms with Gasteiger partial charge in [-0.1, -0.05) is 12.1 Å². The fraction of sp³-hybridized carbons (Fsp3) is 0.0714. The summed E-state index contributed by atoms with van der Waals surface area (Å²) in [4.78, 5) is 8.53. The Bertz CT molecular complexity index is 2110. The van der Waals surface area contributed by atoms with Crippen LogP contribution in [-0.4, -0.2) is 35.9 Å². The summed E-state index contributed by atoms with van der Waals surface area (Å²) in [5.41, 5.74) is 4.30. The van der Waals surface area contributed by atoms with Crippen LogP contribution in [0, 0.1) is 13.8 Å². The van der Waals surface area contributed by atoms with Gasteiger partial charge in [0.15, 0.2) is 0 Å². The molecule has 6 rings (SSSR count). The van der Waals surface area contributed by atoms with Crippen molar-refractivity contribution >= 4 is 74.7 Å². The predicted octanol–water partition coefficient (Wildman–Crippen LogP) is 1.09. The maximum atomic E-state index is 11.8. The van der Waals surface area contributed by atoms with E-state index in [9.17, 15) is 25.9 Å². The molecule has 0 saturated carbocycles. The average Bonchev–Trinajstić information content (AvgIpc) is 3.55. The summed E-state index contributed by atoms with van der Waals surface area (Å²) < 4.78 is 71.5. The molecule has 0 spiro atoms. The van der Waals surface area contributed by atoms with E-state index in [4.69, 9.17) is 0 Å². The maximum Gasteiger partial charge on any atom is 1.00 e. The van der Waals surface area contributed by atoms with Gasteiger partial charge in [-0.3, -0.25) is 0 Å². The van der Waals surface area contributed by atoms with Gasteiger partial charge in [-0.2, -0.15) is 10.2 Å². The van der Waals surface area contributed by atoms with Crippen molar-refractivity contribution in [1.82, 2.24) is 9.97 Å². The molecule has 0 amide bonds. The van der Waals surface area contributed by atoms with Gasteiger partial charge in [-0.25, -0.2) is 26.8 Å². The summed E-state index contributed by atoms with van der Waals surface area (Å²) in [5, 5.41) is 9.69. The second-order valence-corrected chi connectivity index (χ2v) is 14.0. The molecule has 0 aliphatic rings. The van der Waals surface area contributed by atoms with E-state index in [1.807, 2.05) is 0 Å². The summed E-state index contributed by atoms with van der Waals surface area (Å²) in [5.74, 6) is 0. The topological polar surface area (TPSA) is 165 Å². The van der Waals surface area contributed by atoms with Crippen LogP contribution in [0.1, 0.15) is 11.1 Å². The fourth-order valence-corrected chi connectivity index (χ4v) is 9.03. The van der Waals surface area contributed by atoms with Gasteiger partial charge in [0.05, 0.1) is 41.6 Å². The number of hydrogen-bond acceptors (Lipinski definition) is 12. The van der Waals surface area contributed by atoms with Gasteiger partial charge in [-0.15, -0.1) is 22.7 Å². The molecule has 6 aromatic rings. The number of nitrogens with zero attached hydrogens (tertiary/aromatic N) is 4. The van der Waals surface area contributed by atoms with Gasteiger partial charge in [-0.05, 0) is 85.6 Å². The van der Waals surface area contributed by atoms with Crippen molar-refractivity contribution < 1.29 is 85.1 Å². The van der Waals surface area contributed by atoms with Crippen LogP contribution in [0.4, 0.5) is 11.4 Å². The molecule has 10 nitrogen and oxygen atoms in total. The zero-order chi connectivity index (χ0) is 29.8. The van der Waals surface area contributed by atoms with Gasteiger partial charge < -0.3 is 9.11 Å². The van der Waals surface area contributed by atoms with E-state index < -0.39 is 20.2 Å². The SMILES string of the molecule is Cc1ccc2nc(-c3ccc(N=Nc4ccc(-c5nc6ccc(C)c(S(=O)(=O)[O-])c6s5)cc4)cc3)sc2c1S(=O)(=O)[O-].[Na+].[Na+]. The zero-order valence-electron chi connectivity index (χ0n) is 23.8. The number of fused-ring (bicyclic) bond motifs is 2. The second kappa shape index (κ2) is 13.4. The van der Waals surface area contributed by atoms with E-state index in [1.54, 1.807) is 86.6 Å². The van der Waals surface area contributed by atoms with Crippen molar-refractivity contribution in [3.8, 4) is 21.1 Å². The minimum Gasteiger partial charge on any atom is -0.744 e. The standard InChI is InChI=1S/C28H20N4O6S4.2Na/c1-15-3-13-21-23(25(15)41(33,34)35)39-27(29-21)17-5-9-19(10-6-17)31-32-20-11-7-18(8-12-20)28-30-22-14-4-16(2)26(24(22)40-28)42(36,37)38;;/h3-14H,1-2H3,(H,33,34,35)(H,36,37,38);;/q;2*+1/p-2. The zero-order valence-corrected chi connectivity index (χ0v) is 31.1. The molecule has 0 fully saturated rings. The number of aromatic nitrogens is 2. The first-order chi connectivity index (χ1) is 19.9. The van der Waals surface area contributed by atoms with Crippen molar-refractivity contribution in [2.45, 2.75) is 23.6 Å². The first-order valence-electron chi connectivity index (χ1n) is 12.2. The molecule has 0 bridgehead atoms. The molecule has 0 aliphatic carbocycles. The summed E-state index contributed by atoms with van der Waals surface area (Å²) in [6.07, 6.45) is 0. The summed E-state index contributed by atoms with van der Waals surface area (Å²) >= 11 is 2.29. The van der Waals surface area contributed by atoms with E-state index in [0.29, 0.717) is 53.0 Å². The van der Waals surface area contributed by atoms with Crippen molar-refractivity contribution in [2.24, 2.45) is 10.2 Å². The number of hydrogen-bond donors (Lipinski definition) is 0. The van der Waals surface area contributed by atoms with Crippen LogP contribution in [0.15, 0.2) is 92.8 Å². The average molecular weight is 681 g/mol. The van der Waals surface area contributed by atoms with Crippen LogP contribution in [0.25, 0.3) is 41.6 Å². The first-order valence-corrected chi connectivity index (χ1v) is 16.7. The van der Waals surface area contributed by atoms with Crippen molar-refractivity contribution in [1.29, 1.82) is 0 Å². The fourth-order valence-electron chi connectivity index (χ4n) is 4.46. The molecule has 2 heterocycles. The van der Waals surface area contributed by atoms with Crippen molar-refractivity contribution in [2.75, 3.05) is 0 Å². The van der Waals surface area contributed by atoms with Crippen LogP contribution in [0.3, 0.4) is 0 Å². The molecule has 4 aromatic carbocycles. The van der Waals surface area contributed by atoms with Crippen LogP contribution >= 0.6 is 22.7 Å². The number of rotatable bonds is 6. The van der Waals surface area contributed by atoms with Crippen LogP contribution in [0.2, 0.25) is 0 Å². The van der Waals surface area contributed by atoms with Crippen molar-refractivity contribution in [3.05, 3.63) is 83.9 Å². The summed E-state index contributed by atoms with van der Waals surface area (Å²) in [7, 11) is -9.29. The molecule has 16 heteroatoms. The number of benzene rings is 4. The summed E-state index contributed by atoms with van der Waals surface area (Å²) in [6, 6.07) is 20.7. The van der Waals surface area contributed by atoms with E-state index in [1.165, 1.54) is 0 Å². The Kier molecular flexibility index (Phi) is 10.7. The Balaban J connectivity index is 0.00000221. The normalized spacial score (nSPS) is 12.0. The Morgan fingerprint density at radius 1 is 0.568 bits per heavy atom. The first kappa shape index (κ1) is 34.9. The third kappa shape index (κ3) is 7.07. The molecule has 0 unspecified atom stereocenters. The second-order valence-electron chi connectivity index (χ2n) is 9.36. The molecule has 0 saturated heterocycles. The van der Waals surface area contributed by atoms with Crippen LogP contribution in [0.5, 0.6) is 0 Å². The Morgan fingerprint density at radius 3 is 1.23 bits per heavy atom. The predicted molar refractivity (Wildman–Crippen MR) is 160 cm³/mol. The smallest absolute Gasteiger partial charge is 0.744 e. The van der Waals surface area contributed by atoms with Gasteiger partial charge in [0, 0.05) is 11.1 Å². The van der Waals surface area contributed by atoms with Gasteiger partial charge in [0.1, 0.15) is 30.3 Å². The van der Waals surface area contributed by atoms with E-state index in [2.05, 4.69) is 20.2 Å². The number of aryl methyl sites for hydroxylation is 2. The molecule has 212 valence electrons. The minimum absolute atomic E-state index is 0. The molecule has 2 aromatic heterocycles. The monoisotopic (exact) mass is 680 g/mol. The minimum atomic E-state index is -4.65. The Morgan fingerprint density at radius 2 is 0.909 bits per heavy atom. The van der Waals surface area contributed by atoms with Gasteiger partial charge in [0.2, 0.25) is 0 Å². The molecular weight excluding hydrogens is 663 g/mol. The maximum absolute atomic E-state index is 11.8. The third-order valence-corrected chi connectivity index (χ3v) is 11.0. The molecular formula is C28H18N4Na2O6S4. The number of thiazole rings is 2. The van der Waals surface area contributed by atoms with E-state index in [0.717, 1.165) is 33.8 Å². The van der Waals surface area contributed by atoms with Crippen LogP contribution in [-0.2, 0) is 20.2 Å². The van der Waals surface area contributed by atoms with Crippen LogP contribution < -0.4 is 59.1 Å². The molecule has 0 atom stereocenters. The van der Waals surface area contributed by atoms with Gasteiger partial charge >= 0.3 is 59.1 Å². The quantitative estimate of drug-likeness (QED) is 0.143. The molecule has 0 N–H and O–H groups in total. The molecule has 44 heavy (non-hydrogen) atoms. The largest absolute Gasteiger partial charge is 1.00 e. The Labute approximate surface area is 305 Å². The van der Waals surface area contributed by atoms with Gasteiger partial charge in [0.25, 0.3) is 0 Å². The molecule has 0 radical (unpaired) electrons. The van der Waals surface area contributed by atoms with E-state index >= 15 is 0 Å². The number of azo groups is 1. The summed E-state index contributed by atoms with van der Waals surface area (Å²) in [6.45, 7) is 3.16. The van der Waals surface area contributed by atoms with E-state index in [-0.39, 0.29) is 68.9 Å². The third-order valence-electron chi connectivity index (χ3n) is 6.43. The van der Waals surface area contributed by atoms with Crippen molar-refractivity contribution in [3.63, 3.8) is 0 Å². The molecule has 0 aliphatic heterocycles. The Hall–Kier alpha value is -1.92.